The highest BCUT2D eigenvalue weighted by Gasteiger charge is 2.45. The summed E-state index contributed by atoms with van der Waals surface area (Å²) in [7, 11) is 0. The standard InChI is InChI=1S/C19H16ClF3N4O4/c1-2-26-8-12(7-24-26)27-17(29)15(18(30)31)14(13(9-28)19(21,22)23)16(25-27)10-3-5-11(20)6-4-10/h3-8,13,28H,2,9H2,1H3,(H,30,31)/t13-/m1/s1. The number of rotatable bonds is 6. The van der Waals surface area contributed by atoms with Crippen LogP contribution in [0.4, 0.5) is 13.2 Å². The van der Waals surface area contributed by atoms with E-state index >= 15 is 0 Å². The third-order valence-electron chi connectivity index (χ3n) is 4.58. The summed E-state index contributed by atoms with van der Waals surface area (Å²) in [5.74, 6) is -4.52. The molecule has 0 bridgehead atoms. The van der Waals surface area contributed by atoms with Crippen molar-refractivity contribution in [3.05, 3.63) is 63.2 Å². The van der Waals surface area contributed by atoms with Crippen LogP contribution in [0.25, 0.3) is 16.9 Å². The van der Waals surface area contributed by atoms with E-state index in [0.29, 0.717) is 11.2 Å². The Bertz CT molecular complexity index is 1170. The van der Waals surface area contributed by atoms with Gasteiger partial charge < -0.3 is 10.2 Å². The molecule has 0 radical (unpaired) electrons. The molecule has 1 atom stereocenters. The van der Waals surface area contributed by atoms with E-state index in [1.165, 1.54) is 41.3 Å². The molecule has 0 unspecified atom stereocenters. The monoisotopic (exact) mass is 456 g/mol. The molecule has 0 spiro atoms. The Morgan fingerprint density at radius 3 is 2.39 bits per heavy atom. The summed E-state index contributed by atoms with van der Waals surface area (Å²) in [6.07, 6.45) is -2.39. The van der Waals surface area contributed by atoms with Gasteiger partial charge in [-0.15, -0.1) is 0 Å². The van der Waals surface area contributed by atoms with Crippen molar-refractivity contribution < 1.29 is 28.2 Å². The largest absolute Gasteiger partial charge is 0.477 e. The highest BCUT2D eigenvalue weighted by Crippen LogP contribution is 2.40. The fraction of sp³-hybridized carbons (Fsp3) is 0.263. The Hall–Kier alpha value is -3.18. The lowest BCUT2D eigenvalue weighted by Crippen LogP contribution is -2.35. The minimum absolute atomic E-state index is 0.0728. The van der Waals surface area contributed by atoms with Gasteiger partial charge in [0.15, 0.2) is 0 Å². The second kappa shape index (κ2) is 8.52. The smallest absolute Gasteiger partial charge is 0.398 e. The van der Waals surface area contributed by atoms with Gasteiger partial charge in [0.1, 0.15) is 17.2 Å². The summed E-state index contributed by atoms with van der Waals surface area (Å²) >= 11 is 5.85. The molecule has 1 aromatic carbocycles. The number of carboxylic acids is 1. The van der Waals surface area contributed by atoms with E-state index in [0.717, 1.165) is 0 Å². The van der Waals surface area contributed by atoms with Crippen LogP contribution in [0.2, 0.25) is 5.02 Å². The van der Waals surface area contributed by atoms with Gasteiger partial charge in [-0.2, -0.15) is 28.1 Å². The Labute approximate surface area is 178 Å². The molecule has 0 saturated heterocycles. The Kier molecular flexibility index (Phi) is 6.18. The topological polar surface area (TPSA) is 110 Å². The first-order valence-electron chi connectivity index (χ1n) is 8.95. The van der Waals surface area contributed by atoms with Gasteiger partial charge in [0, 0.05) is 22.7 Å². The number of alkyl halides is 3. The fourth-order valence-electron chi connectivity index (χ4n) is 3.07. The second-order valence-electron chi connectivity index (χ2n) is 6.50. The first kappa shape index (κ1) is 22.5. The van der Waals surface area contributed by atoms with E-state index in [4.69, 9.17) is 11.6 Å². The number of benzene rings is 1. The third-order valence-corrected chi connectivity index (χ3v) is 4.83. The van der Waals surface area contributed by atoms with E-state index in [-0.39, 0.29) is 16.3 Å². The van der Waals surface area contributed by atoms with Gasteiger partial charge in [0.2, 0.25) is 0 Å². The first-order valence-corrected chi connectivity index (χ1v) is 9.33. The molecule has 2 N–H and O–H groups in total. The van der Waals surface area contributed by atoms with Gasteiger partial charge in [-0.3, -0.25) is 9.48 Å². The number of carbonyl (C=O) groups is 1. The zero-order chi connectivity index (χ0) is 22.9. The number of nitrogens with zero attached hydrogens (tertiary/aromatic N) is 4. The molecule has 2 aromatic heterocycles. The molecule has 8 nitrogen and oxygen atoms in total. The van der Waals surface area contributed by atoms with Crippen molar-refractivity contribution in [2.75, 3.05) is 6.61 Å². The van der Waals surface area contributed by atoms with Crippen LogP contribution in [0.3, 0.4) is 0 Å². The molecule has 0 amide bonds. The predicted octanol–water partition coefficient (Wildman–Crippen LogP) is 3.11. The number of aliphatic hydroxyl groups excluding tert-OH is 1. The fourth-order valence-corrected chi connectivity index (χ4v) is 3.20. The molecular formula is C19H16ClF3N4O4. The van der Waals surface area contributed by atoms with E-state index < -0.39 is 47.1 Å². The van der Waals surface area contributed by atoms with Crippen LogP contribution in [0, 0.1) is 0 Å². The van der Waals surface area contributed by atoms with Gasteiger partial charge in [0.05, 0.1) is 24.7 Å². The number of halogens is 4. The van der Waals surface area contributed by atoms with Crippen molar-refractivity contribution in [3.8, 4) is 16.9 Å². The van der Waals surface area contributed by atoms with Crippen LogP contribution >= 0.6 is 11.6 Å². The number of aliphatic hydroxyl groups is 1. The zero-order valence-electron chi connectivity index (χ0n) is 16.0. The highest BCUT2D eigenvalue weighted by molar-refractivity contribution is 6.30. The number of aryl methyl sites for hydroxylation is 1. The summed E-state index contributed by atoms with van der Waals surface area (Å²) in [6, 6.07) is 5.45. The lowest BCUT2D eigenvalue weighted by atomic mass is 9.90. The Morgan fingerprint density at radius 1 is 1.26 bits per heavy atom. The minimum atomic E-state index is -5.03. The Balaban J connectivity index is 2.45. The predicted molar refractivity (Wildman–Crippen MR) is 105 cm³/mol. The maximum atomic E-state index is 13.7. The Morgan fingerprint density at radius 2 is 1.90 bits per heavy atom. The third kappa shape index (κ3) is 4.32. The molecule has 0 aliphatic rings. The first-order chi connectivity index (χ1) is 14.6. The number of hydrogen-bond donors (Lipinski definition) is 2. The maximum absolute atomic E-state index is 13.7. The summed E-state index contributed by atoms with van der Waals surface area (Å²) in [5, 5.41) is 27.5. The molecule has 2 heterocycles. The van der Waals surface area contributed by atoms with E-state index in [2.05, 4.69) is 10.2 Å². The van der Waals surface area contributed by atoms with E-state index in [1.54, 1.807) is 6.92 Å². The SMILES string of the molecule is CCn1cc(-n2nc(-c3ccc(Cl)cc3)c([C@@H](CO)C(F)(F)F)c(C(=O)O)c2=O)cn1. The average Bonchev–Trinajstić information content (AvgIpc) is 3.17. The molecule has 164 valence electrons. The average molecular weight is 457 g/mol. The molecule has 0 aliphatic carbocycles. The minimum Gasteiger partial charge on any atom is -0.477 e. The number of hydrogen-bond acceptors (Lipinski definition) is 5. The van der Waals surface area contributed by atoms with Crippen molar-refractivity contribution in [2.45, 2.75) is 25.6 Å². The lowest BCUT2D eigenvalue weighted by molar-refractivity contribution is -0.158. The van der Waals surface area contributed by atoms with Crippen molar-refractivity contribution in [2.24, 2.45) is 0 Å². The van der Waals surface area contributed by atoms with E-state index in [9.17, 15) is 33.0 Å². The molecule has 3 rings (SSSR count). The van der Waals surface area contributed by atoms with Crippen molar-refractivity contribution in [3.63, 3.8) is 0 Å². The highest BCUT2D eigenvalue weighted by atomic mass is 35.5. The van der Waals surface area contributed by atoms with Crippen molar-refractivity contribution >= 4 is 17.6 Å². The van der Waals surface area contributed by atoms with Crippen LogP contribution in [0.15, 0.2) is 41.5 Å². The molecular weight excluding hydrogens is 441 g/mol. The van der Waals surface area contributed by atoms with Crippen LogP contribution in [0.1, 0.15) is 28.8 Å². The molecule has 0 aliphatic heterocycles. The molecule has 0 saturated carbocycles. The van der Waals surface area contributed by atoms with Crippen LogP contribution < -0.4 is 5.56 Å². The van der Waals surface area contributed by atoms with E-state index in [1.807, 2.05) is 0 Å². The number of aromatic nitrogens is 4. The molecule has 12 heteroatoms. The van der Waals surface area contributed by atoms with Crippen LogP contribution in [0.5, 0.6) is 0 Å². The van der Waals surface area contributed by atoms with Crippen molar-refractivity contribution in [1.29, 1.82) is 0 Å². The summed E-state index contributed by atoms with van der Waals surface area (Å²) < 4.78 is 43.2. The van der Waals surface area contributed by atoms with Gasteiger partial charge in [-0.05, 0) is 19.1 Å². The van der Waals surface area contributed by atoms with Gasteiger partial charge in [-0.1, -0.05) is 23.7 Å². The number of carboxylic acid groups (broad SMARTS) is 1. The summed E-state index contributed by atoms with van der Waals surface area (Å²) in [6.45, 7) is 0.736. The normalized spacial score (nSPS) is 12.7. The van der Waals surface area contributed by atoms with Crippen molar-refractivity contribution in [1.82, 2.24) is 19.6 Å². The van der Waals surface area contributed by atoms with Crippen LogP contribution in [-0.4, -0.2) is 48.5 Å². The second-order valence-corrected chi connectivity index (χ2v) is 6.93. The lowest BCUT2D eigenvalue weighted by Gasteiger charge is -2.23. The molecule has 31 heavy (non-hydrogen) atoms. The van der Waals surface area contributed by atoms with Gasteiger partial charge in [0.25, 0.3) is 5.56 Å². The number of aromatic carboxylic acids is 1. The molecule has 3 aromatic rings. The van der Waals surface area contributed by atoms with Gasteiger partial charge in [-0.25, -0.2) is 4.79 Å². The summed E-state index contributed by atoms with van der Waals surface area (Å²) in [5.41, 5.74) is -3.60. The van der Waals surface area contributed by atoms with Crippen LogP contribution in [-0.2, 0) is 6.54 Å². The zero-order valence-corrected chi connectivity index (χ0v) is 16.7. The maximum Gasteiger partial charge on any atom is 0.398 e. The molecule has 0 fully saturated rings. The summed E-state index contributed by atoms with van der Waals surface area (Å²) in [4.78, 5) is 24.9. The quantitative estimate of drug-likeness (QED) is 0.589. The van der Waals surface area contributed by atoms with Gasteiger partial charge >= 0.3 is 12.1 Å².